The number of nitrogens with one attached hydrogen (secondary N) is 1. The summed E-state index contributed by atoms with van der Waals surface area (Å²) in [5.74, 6) is 1.44. The zero-order valence-corrected chi connectivity index (χ0v) is 17.4. The largest absolute Gasteiger partial charge is 0.459 e. The first kappa shape index (κ1) is 20.3. The molecule has 4 aromatic rings. The third kappa shape index (κ3) is 4.28. The summed E-state index contributed by atoms with van der Waals surface area (Å²) in [4.78, 5) is 12.6. The minimum Gasteiger partial charge on any atom is -0.459 e. The summed E-state index contributed by atoms with van der Waals surface area (Å²) in [6.07, 6.45) is 0. The van der Waals surface area contributed by atoms with Gasteiger partial charge in [-0.05, 0) is 73.2 Å². The minimum atomic E-state index is -0.373. The van der Waals surface area contributed by atoms with Crippen LogP contribution in [-0.4, -0.2) is 11.0 Å². The molecule has 152 valence electrons. The van der Waals surface area contributed by atoms with Crippen LogP contribution in [0.15, 0.2) is 69.5 Å². The van der Waals surface area contributed by atoms with Gasteiger partial charge in [0.25, 0.3) is 5.91 Å². The number of amides is 1. The van der Waals surface area contributed by atoms with E-state index in [9.17, 15) is 4.79 Å². The normalized spacial score (nSPS) is 10.9. The Labute approximate surface area is 182 Å². The number of hydrogen-bond donors (Lipinski definition) is 2. The van der Waals surface area contributed by atoms with E-state index in [1.807, 2.05) is 19.1 Å². The number of aliphatic hydroxyl groups excluding tert-OH is 1. The van der Waals surface area contributed by atoms with Gasteiger partial charge in [0.1, 0.15) is 23.9 Å². The number of rotatable bonds is 5. The molecule has 0 atom stereocenters. The lowest BCUT2D eigenvalue weighted by molar-refractivity contribution is 0.0997. The van der Waals surface area contributed by atoms with Gasteiger partial charge < -0.3 is 19.3 Å². The summed E-state index contributed by atoms with van der Waals surface area (Å²) < 4.78 is 11.3. The highest BCUT2D eigenvalue weighted by atomic mass is 35.5. The second-order valence-electron chi connectivity index (χ2n) is 6.73. The standard InChI is InChI=1S/C23H17Cl2NO4/c1-13-8-17(2-4-19(13)21-5-3-18(12-27)29-21)26-23(28)22-7-6-20(30-22)14-9-15(24)11-16(25)10-14/h2-11,27H,12H2,1H3,(H,26,28). The third-order valence-electron chi connectivity index (χ3n) is 4.54. The van der Waals surface area contributed by atoms with Crippen LogP contribution in [0.4, 0.5) is 5.69 Å². The number of hydrogen-bond acceptors (Lipinski definition) is 4. The maximum Gasteiger partial charge on any atom is 0.291 e. The lowest BCUT2D eigenvalue weighted by Crippen LogP contribution is -2.10. The summed E-state index contributed by atoms with van der Waals surface area (Å²) in [6.45, 7) is 1.76. The lowest BCUT2D eigenvalue weighted by atomic mass is 10.1. The van der Waals surface area contributed by atoms with Crippen LogP contribution in [-0.2, 0) is 6.61 Å². The zero-order chi connectivity index (χ0) is 21.3. The Kier molecular flexibility index (Phi) is 5.68. The molecule has 0 saturated heterocycles. The van der Waals surface area contributed by atoms with Crippen LogP contribution in [0.1, 0.15) is 21.9 Å². The van der Waals surface area contributed by atoms with Gasteiger partial charge in [0.2, 0.25) is 0 Å². The predicted molar refractivity (Wildman–Crippen MR) is 117 cm³/mol. The summed E-state index contributed by atoms with van der Waals surface area (Å²) >= 11 is 12.1. The molecule has 5 nitrogen and oxygen atoms in total. The molecule has 2 aromatic heterocycles. The molecule has 2 heterocycles. The monoisotopic (exact) mass is 441 g/mol. The molecule has 30 heavy (non-hydrogen) atoms. The quantitative estimate of drug-likeness (QED) is 0.367. The fourth-order valence-corrected chi connectivity index (χ4v) is 3.66. The SMILES string of the molecule is Cc1cc(NC(=O)c2ccc(-c3cc(Cl)cc(Cl)c3)o2)ccc1-c1ccc(CO)o1. The van der Waals surface area contributed by atoms with Gasteiger partial charge in [-0.1, -0.05) is 23.2 Å². The third-order valence-corrected chi connectivity index (χ3v) is 4.98. The first-order valence-corrected chi connectivity index (χ1v) is 9.87. The van der Waals surface area contributed by atoms with Gasteiger partial charge in [0.05, 0.1) is 0 Å². The van der Waals surface area contributed by atoms with Crippen molar-refractivity contribution in [1.82, 2.24) is 0 Å². The molecule has 0 radical (unpaired) electrons. The maximum atomic E-state index is 12.6. The summed E-state index contributed by atoms with van der Waals surface area (Å²) in [5, 5.41) is 13.0. The smallest absolute Gasteiger partial charge is 0.291 e. The molecule has 0 aliphatic carbocycles. The number of benzene rings is 2. The summed E-state index contributed by atoms with van der Waals surface area (Å²) in [7, 11) is 0. The van der Waals surface area contributed by atoms with E-state index in [1.54, 1.807) is 48.5 Å². The van der Waals surface area contributed by atoms with Crippen molar-refractivity contribution >= 4 is 34.8 Å². The fraction of sp³-hybridized carbons (Fsp3) is 0.0870. The molecule has 0 spiro atoms. The molecular formula is C23H17Cl2NO4. The van der Waals surface area contributed by atoms with E-state index in [1.165, 1.54) is 0 Å². The van der Waals surface area contributed by atoms with Crippen molar-refractivity contribution in [2.75, 3.05) is 5.32 Å². The Morgan fingerprint density at radius 3 is 2.33 bits per heavy atom. The first-order chi connectivity index (χ1) is 14.4. The van der Waals surface area contributed by atoms with E-state index >= 15 is 0 Å². The van der Waals surface area contributed by atoms with Crippen molar-refractivity contribution in [2.24, 2.45) is 0 Å². The van der Waals surface area contributed by atoms with E-state index in [2.05, 4.69) is 5.32 Å². The topological polar surface area (TPSA) is 75.6 Å². The number of halogens is 2. The molecule has 0 aliphatic rings. The zero-order valence-electron chi connectivity index (χ0n) is 15.9. The Balaban J connectivity index is 1.51. The number of anilines is 1. The van der Waals surface area contributed by atoms with Gasteiger partial charge in [-0.15, -0.1) is 0 Å². The van der Waals surface area contributed by atoms with Crippen LogP contribution < -0.4 is 5.32 Å². The number of furan rings is 2. The average molecular weight is 442 g/mol. The molecule has 2 N–H and O–H groups in total. The first-order valence-electron chi connectivity index (χ1n) is 9.11. The summed E-state index contributed by atoms with van der Waals surface area (Å²) in [6, 6.07) is 17.4. The van der Waals surface area contributed by atoms with Gasteiger partial charge in [0, 0.05) is 26.9 Å². The van der Waals surface area contributed by atoms with Gasteiger partial charge in [0.15, 0.2) is 5.76 Å². The Hall–Kier alpha value is -2.99. The van der Waals surface area contributed by atoms with E-state index in [0.29, 0.717) is 38.6 Å². The Morgan fingerprint density at radius 1 is 0.933 bits per heavy atom. The van der Waals surface area contributed by atoms with E-state index in [0.717, 1.165) is 11.1 Å². The van der Waals surface area contributed by atoms with Gasteiger partial charge in [-0.2, -0.15) is 0 Å². The van der Waals surface area contributed by atoms with Crippen LogP contribution in [0.2, 0.25) is 10.0 Å². The van der Waals surface area contributed by atoms with Crippen molar-refractivity contribution in [3.63, 3.8) is 0 Å². The van der Waals surface area contributed by atoms with Crippen molar-refractivity contribution < 1.29 is 18.7 Å². The molecule has 0 fully saturated rings. The molecule has 0 unspecified atom stereocenters. The Morgan fingerprint density at radius 2 is 1.67 bits per heavy atom. The van der Waals surface area contributed by atoms with Gasteiger partial charge >= 0.3 is 0 Å². The lowest BCUT2D eigenvalue weighted by Gasteiger charge is -2.08. The van der Waals surface area contributed by atoms with Crippen LogP contribution in [0.5, 0.6) is 0 Å². The van der Waals surface area contributed by atoms with Crippen molar-refractivity contribution in [3.05, 3.63) is 87.8 Å². The molecule has 1 amide bonds. The molecule has 2 aromatic carbocycles. The van der Waals surface area contributed by atoms with Crippen LogP contribution >= 0.6 is 23.2 Å². The molecule has 0 aliphatic heterocycles. The number of carbonyl (C=O) groups is 1. The van der Waals surface area contributed by atoms with Crippen molar-refractivity contribution in [2.45, 2.75) is 13.5 Å². The van der Waals surface area contributed by atoms with E-state index < -0.39 is 0 Å². The van der Waals surface area contributed by atoms with Gasteiger partial charge in [-0.25, -0.2) is 0 Å². The second kappa shape index (κ2) is 8.40. The van der Waals surface area contributed by atoms with Crippen LogP contribution in [0.3, 0.4) is 0 Å². The van der Waals surface area contributed by atoms with E-state index in [-0.39, 0.29) is 18.3 Å². The maximum absolute atomic E-state index is 12.6. The number of aliphatic hydroxyl groups is 1. The van der Waals surface area contributed by atoms with Crippen molar-refractivity contribution in [1.29, 1.82) is 0 Å². The second-order valence-corrected chi connectivity index (χ2v) is 7.60. The fourth-order valence-electron chi connectivity index (χ4n) is 3.13. The molecule has 0 bridgehead atoms. The van der Waals surface area contributed by atoms with Crippen LogP contribution in [0.25, 0.3) is 22.6 Å². The molecule has 4 rings (SSSR count). The highest BCUT2D eigenvalue weighted by Crippen LogP contribution is 2.30. The minimum absolute atomic E-state index is 0.153. The highest BCUT2D eigenvalue weighted by Gasteiger charge is 2.15. The molecule has 7 heteroatoms. The average Bonchev–Trinajstić information content (AvgIpc) is 3.37. The van der Waals surface area contributed by atoms with Crippen molar-refractivity contribution in [3.8, 4) is 22.6 Å². The van der Waals surface area contributed by atoms with Crippen LogP contribution in [0, 0.1) is 6.92 Å². The number of carbonyl (C=O) groups excluding carboxylic acids is 1. The van der Waals surface area contributed by atoms with Gasteiger partial charge in [-0.3, -0.25) is 4.79 Å². The number of aryl methyl sites for hydroxylation is 1. The molecule has 0 saturated carbocycles. The highest BCUT2D eigenvalue weighted by molar-refractivity contribution is 6.35. The molecular weight excluding hydrogens is 425 g/mol. The summed E-state index contributed by atoms with van der Waals surface area (Å²) in [5.41, 5.74) is 3.11. The Bertz CT molecular complexity index is 1210. The predicted octanol–water partition coefficient (Wildman–Crippen LogP) is 6.57. The van der Waals surface area contributed by atoms with E-state index in [4.69, 9.17) is 37.1 Å².